The summed E-state index contributed by atoms with van der Waals surface area (Å²) in [5, 5.41) is 0.702. The van der Waals surface area contributed by atoms with E-state index in [0.717, 1.165) is 6.07 Å². The quantitative estimate of drug-likeness (QED) is 0.577. The molecule has 1 aromatic rings. The molecular formula is C10H9BrF4. The Labute approximate surface area is 93.4 Å². The van der Waals surface area contributed by atoms with Crippen molar-refractivity contribution in [2.24, 2.45) is 0 Å². The number of hydrogen-bond donors (Lipinski definition) is 0. The second kappa shape index (κ2) is 4.96. The summed E-state index contributed by atoms with van der Waals surface area (Å²) < 4.78 is 49.7. The molecule has 0 aromatic heterocycles. The lowest BCUT2D eigenvalue weighted by molar-refractivity contribution is -0.137. The van der Waals surface area contributed by atoms with Gasteiger partial charge in [-0.2, -0.15) is 13.2 Å². The maximum absolute atomic E-state index is 13.2. The van der Waals surface area contributed by atoms with E-state index in [2.05, 4.69) is 15.9 Å². The maximum atomic E-state index is 13.2. The molecule has 0 radical (unpaired) electrons. The zero-order valence-electron chi connectivity index (χ0n) is 7.74. The summed E-state index contributed by atoms with van der Waals surface area (Å²) in [7, 11) is 0. The molecule has 0 saturated heterocycles. The van der Waals surface area contributed by atoms with Gasteiger partial charge in [0.2, 0.25) is 0 Å². The zero-order valence-corrected chi connectivity index (χ0v) is 9.33. The van der Waals surface area contributed by atoms with E-state index in [1.54, 1.807) is 0 Å². The monoisotopic (exact) mass is 284 g/mol. The Bertz CT molecular complexity index is 333. The topological polar surface area (TPSA) is 0 Å². The van der Waals surface area contributed by atoms with Gasteiger partial charge >= 0.3 is 6.18 Å². The fourth-order valence-corrected chi connectivity index (χ4v) is 1.46. The lowest BCUT2D eigenvalue weighted by Crippen LogP contribution is -2.06. The fraction of sp³-hybridized carbons (Fsp3) is 0.400. The highest BCUT2D eigenvalue weighted by Gasteiger charge is 2.30. The zero-order chi connectivity index (χ0) is 11.5. The van der Waals surface area contributed by atoms with Crippen LogP contribution in [0.15, 0.2) is 18.2 Å². The van der Waals surface area contributed by atoms with Crippen LogP contribution in [0.25, 0.3) is 0 Å². The number of aryl methyl sites for hydroxylation is 1. The molecular weight excluding hydrogens is 276 g/mol. The van der Waals surface area contributed by atoms with Crippen molar-refractivity contribution in [2.75, 3.05) is 5.33 Å². The van der Waals surface area contributed by atoms with Crippen LogP contribution >= 0.6 is 15.9 Å². The minimum Gasteiger partial charge on any atom is -0.207 e. The van der Waals surface area contributed by atoms with Crippen LogP contribution in [0.4, 0.5) is 17.6 Å². The van der Waals surface area contributed by atoms with Crippen LogP contribution < -0.4 is 0 Å². The van der Waals surface area contributed by atoms with Gasteiger partial charge in [-0.3, -0.25) is 0 Å². The standard InChI is InChI=1S/C10H9BrF4/c11-5-1-2-7-3-4-8(6-9(7)12)10(13,14)15/h3-4,6H,1-2,5H2. The predicted octanol–water partition coefficient (Wildman–Crippen LogP) is 4.17. The summed E-state index contributed by atoms with van der Waals surface area (Å²) in [6.07, 6.45) is -3.34. The first-order valence-corrected chi connectivity index (χ1v) is 5.49. The number of benzene rings is 1. The van der Waals surface area contributed by atoms with E-state index < -0.39 is 17.6 Å². The smallest absolute Gasteiger partial charge is 0.207 e. The van der Waals surface area contributed by atoms with Crippen molar-refractivity contribution in [2.45, 2.75) is 19.0 Å². The third kappa shape index (κ3) is 3.48. The first kappa shape index (κ1) is 12.5. The molecule has 0 aliphatic rings. The van der Waals surface area contributed by atoms with Crippen molar-refractivity contribution in [3.05, 3.63) is 35.1 Å². The normalized spacial score (nSPS) is 11.8. The molecule has 0 heterocycles. The number of hydrogen-bond acceptors (Lipinski definition) is 0. The van der Waals surface area contributed by atoms with Crippen molar-refractivity contribution in [3.63, 3.8) is 0 Å². The lowest BCUT2D eigenvalue weighted by atomic mass is 10.1. The number of rotatable bonds is 3. The largest absolute Gasteiger partial charge is 0.416 e. The lowest BCUT2D eigenvalue weighted by Gasteiger charge is -2.08. The Hall–Kier alpha value is -0.580. The summed E-state index contributed by atoms with van der Waals surface area (Å²) in [5.41, 5.74) is -0.620. The van der Waals surface area contributed by atoms with E-state index in [0.29, 0.717) is 29.8 Å². The molecule has 0 spiro atoms. The van der Waals surface area contributed by atoms with Gasteiger partial charge in [0.05, 0.1) is 5.56 Å². The second-order valence-corrected chi connectivity index (χ2v) is 3.89. The van der Waals surface area contributed by atoms with Gasteiger partial charge in [-0.05, 0) is 30.5 Å². The van der Waals surface area contributed by atoms with E-state index in [1.165, 1.54) is 6.07 Å². The Morgan fingerprint density at radius 1 is 1.20 bits per heavy atom. The van der Waals surface area contributed by atoms with Crippen LogP contribution in [0, 0.1) is 5.82 Å². The molecule has 0 unspecified atom stereocenters. The first-order chi connectivity index (χ1) is 6.95. The second-order valence-electron chi connectivity index (χ2n) is 3.10. The average Bonchev–Trinajstić information content (AvgIpc) is 2.14. The van der Waals surface area contributed by atoms with E-state index in [9.17, 15) is 17.6 Å². The minimum atomic E-state index is -4.48. The van der Waals surface area contributed by atoms with Crippen LogP contribution in [-0.2, 0) is 12.6 Å². The van der Waals surface area contributed by atoms with Crippen molar-refractivity contribution in [3.8, 4) is 0 Å². The maximum Gasteiger partial charge on any atom is 0.416 e. The molecule has 0 aliphatic carbocycles. The highest BCUT2D eigenvalue weighted by Crippen LogP contribution is 2.30. The number of halogens is 5. The molecule has 1 rings (SSSR count). The van der Waals surface area contributed by atoms with Crippen LogP contribution in [0.2, 0.25) is 0 Å². The minimum absolute atomic E-state index is 0.322. The summed E-state index contributed by atoms with van der Waals surface area (Å²) in [6.45, 7) is 0. The average molecular weight is 285 g/mol. The molecule has 0 aliphatic heterocycles. The Morgan fingerprint density at radius 3 is 2.33 bits per heavy atom. The Kier molecular flexibility index (Phi) is 4.13. The highest BCUT2D eigenvalue weighted by molar-refractivity contribution is 9.09. The molecule has 5 heteroatoms. The third-order valence-electron chi connectivity index (χ3n) is 1.96. The summed E-state index contributed by atoms with van der Waals surface area (Å²) in [4.78, 5) is 0. The predicted molar refractivity (Wildman–Crippen MR) is 53.5 cm³/mol. The van der Waals surface area contributed by atoms with Crippen molar-refractivity contribution in [1.82, 2.24) is 0 Å². The molecule has 0 nitrogen and oxygen atoms in total. The van der Waals surface area contributed by atoms with Gasteiger partial charge in [-0.15, -0.1) is 0 Å². The van der Waals surface area contributed by atoms with Crippen LogP contribution in [0.5, 0.6) is 0 Å². The fourth-order valence-electron chi connectivity index (χ4n) is 1.18. The first-order valence-electron chi connectivity index (χ1n) is 4.36. The molecule has 0 bridgehead atoms. The molecule has 15 heavy (non-hydrogen) atoms. The summed E-state index contributed by atoms with van der Waals surface area (Å²) in [6, 6.07) is 2.65. The van der Waals surface area contributed by atoms with Crippen molar-refractivity contribution >= 4 is 15.9 Å². The number of alkyl halides is 4. The molecule has 0 N–H and O–H groups in total. The Morgan fingerprint density at radius 2 is 1.87 bits per heavy atom. The van der Waals surface area contributed by atoms with Gasteiger partial charge in [0.25, 0.3) is 0 Å². The van der Waals surface area contributed by atoms with Crippen molar-refractivity contribution < 1.29 is 17.6 Å². The van der Waals surface area contributed by atoms with Crippen molar-refractivity contribution in [1.29, 1.82) is 0 Å². The molecule has 84 valence electrons. The molecule has 0 fully saturated rings. The molecule has 0 saturated carbocycles. The van der Waals surface area contributed by atoms with Gasteiger partial charge < -0.3 is 0 Å². The van der Waals surface area contributed by atoms with Crippen LogP contribution in [0.1, 0.15) is 17.5 Å². The SMILES string of the molecule is Fc1cc(C(F)(F)F)ccc1CCCBr. The Balaban J connectivity index is 2.88. The molecule has 0 amide bonds. The van der Waals surface area contributed by atoms with E-state index in [4.69, 9.17) is 0 Å². The van der Waals surface area contributed by atoms with E-state index in [-0.39, 0.29) is 0 Å². The third-order valence-corrected chi connectivity index (χ3v) is 2.52. The highest BCUT2D eigenvalue weighted by atomic mass is 79.9. The molecule has 0 atom stereocenters. The molecule has 1 aromatic carbocycles. The van der Waals surface area contributed by atoms with E-state index >= 15 is 0 Å². The van der Waals surface area contributed by atoms with Gasteiger partial charge in [0.15, 0.2) is 0 Å². The van der Waals surface area contributed by atoms with Gasteiger partial charge in [0.1, 0.15) is 5.82 Å². The van der Waals surface area contributed by atoms with Gasteiger partial charge in [-0.25, -0.2) is 4.39 Å². The van der Waals surface area contributed by atoms with Crippen LogP contribution in [0.3, 0.4) is 0 Å². The van der Waals surface area contributed by atoms with Crippen LogP contribution in [-0.4, -0.2) is 5.33 Å². The summed E-state index contributed by atoms with van der Waals surface area (Å²) >= 11 is 3.18. The van der Waals surface area contributed by atoms with Gasteiger partial charge in [-0.1, -0.05) is 22.0 Å². The van der Waals surface area contributed by atoms with E-state index in [1.807, 2.05) is 0 Å². The van der Waals surface area contributed by atoms with Gasteiger partial charge in [0, 0.05) is 5.33 Å². The summed E-state index contributed by atoms with van der Waals surface area (Å²) in [5.74, 6) is -0.786.